The van der Waals surface area contributed by atoms with Gasteiger partial charge >= 0.3 is 0 Å². The van der Waals surface area contributed by atoms with E-state index in [-0.39, 0.29) is 0 Å². The van der Waals surface area contributed by atoms with Crippen LogP contribution in [-0.4, -0.2) is 59.5 Å². The molecule has 3 heterocycles. The van der Waals surface area contributed by atoms with Crippen LogP contribution in [0.4, 0.5) is 5.69 Å². The molecule has 174 valence electrons. The molecule has 5 rings (SSSR count). The van der Waals surface area contributed by atoms with E-state index >= 15 is 0 Å². The van der Waals surface area contributed by atoms with Gasteiger partial charge < -0.3 is 14.5 Å². The van der Waals surface area contributed by atoms with Crippen LogP contribution in [0.2, 0.25) is 0 Å². The highest BCUT2D eigenvalue weighted by atomic mass is 16.5. The van der Waals surface area contributed by atoms with E-state index < -0.39 is 0 Å². The summed E-state index contributed by atoms with van der Waals surface area (Å²) < 4.78 is 7.43. The van der Waals surface area contributed by atoms with Gasteiger partial charge in [-0.3, -0.25) is 9.67 Å². The number of hydrogen-bond acceptors (Lipinski definition) is 5. The highest BCUT2D eigenvalue weighted by molar-refractivity contribution is 6.11. The summed E-state index contributed by atoms with van der Waals surface area (Å²) in [5.74, 6) is 0.859. The minimum absolute atomic E-state index is 0.859. The highest BCUT2D eigenvalue weighted by Gasteiger charge is 2.18. The van der Waals surface area contributed by atoms with Crippen molar-refractivity contribution < 1.29 is 4.74 Å². The van der Waals surface area contributed by atoms with Crippen molar-refractivity contribution in [2.24, 2.45) is 7.05 Å². The summed E-state index contributed by atoms with van der Waals surface area (Å²) in [5, 5.41) is 7.12. The monoisotopic (exact) mass is 445 g/mol. The first kappa shape index (κ1) is 23.1. The number of piperazine rings is 1. The number of fused-ring (bicyclic) bond motifs is 3. The molecule has 2 aromatic carbocycles. The number of nitrogens with zero attached hydrogens (tertiary/aromatic N) is 5. The van der Waals surface area contributed by atoms with Crippen LogP contribution in [0.25, 0.3) is 33.1 Å². The number of pyridine rings is 1. The summed E-state index contributed by atoms with van der Waals surface area (Å²) in [4.78, 5) is 9.64. The molecule has 0 atom stereocenters. The van der Waals surface area contributed by atoms with Crippen LogP contribution in [0.15, 0.2) is 42.6 Å². The van der Waals surface area contributed by atoms with Gasteiger partial charge in [-0.05, 0) is 37.2 Å². The van der Waals surface area contributed by atoms with E-state index in [4.69, 9.17) is 9.84 Å². The van der Waals surface area contributed by atoms with Crippen molar-refractivity contribution in [2.45, 2.75) is 27.7 Å². The Bertz CT molecular complexity index is 1240. The average Bonchev–Trinajstić information content (AvgIpc) is 3.22. The molecule has 0 bridgehead atoms. The number of methoxy groups -OCH3 is 1. The summed E-state index contributed by atoms with van der Waals surface area (Å²) in [6, 6.07) is 13.0. The molecule has 0 aliphatic carbocycles. The fraction of sp³-hybridized carbons (Fsp3) is 0.407. The van der Waals surface area contributed by atoms with E-state index in [1.54, 1.807) is 7.11 Å². The number of rotatable bonds is 4. The summed E-state index contributed by atoms with van der Waals surface area (Å²) in [5.41, 5.74) is 6.47. The fourth-order valence-corrected chi connectivity index (χ4v) is 4.64. The number of ether oxygens (including phenoxy) is 1. The first-order valence-corrected chi connectivity index (χ1v) is 12.0. The van der Waals surface area contributed by atoms with Crippen molar-refractivity contribution in [1.82, 2.24) is 19.7 Å². The second kappa shape index (κ2) is 9.79. The van der Waals surface area contributed by atoms with E-state index in [9.17, 15) is 0 Å². The molecule has 0 radical (unpaired) electrons. The quantitative estimate of drug-likeness (QED) is 0.428. The largest absolute Gasteiger partial charge is 0.496 e. The third kappa shape index (κ3) is 4.27. The van der Waals surface area contributed by atoms with Gasteiger partial charge in [0.05, 0.1) is 24.3 Å². The first-order valence-electron chi connectivity index (χ1n) is 12.0. The van der Waals surface area contributed by atoms with E-state index in [0.29, 0.717) is 0 Å². The van der Waals surface area contributed by atoms with Crippen molar-refractivity contribution in [1.29, 1.82) is 0 Å². The Balaban J connectivity index is 0.00000126. The highest BCUT2D eigenvalue weighted by Crippen LogP contribution is 2.36. The predicted molar refractivity (Wildman–Crippen MR) is 138 cm³/mol. The molecule has 0 N–H and O–H groups in total. The van der Waals surface area contributed by atoms with Crippen LogP contribution in [0.5, 0.6) is 5.75 Å². The molecule has 6 nitrogen and oxygen atoms in total. The second-order valence-electron chi connectivity index (χ2n) is 8.30. The molecule has 4 aromatic rings. The zero-order valence-electron chi connectivity index (χ0n) is 20.7. The lowest BCUT2D eigenvalue weighted by Crippen LogP contribution is -2.46. The minimum atomic E-state index is 0.859. The summed E-state index contributed by atoms with van der Waals surface area (Å²) >= 11 is 0. The lowest BCUT2D eigenvalue weighted by Gasteiger charge is -2.35. The van der Waals surface area contributed by atoms with Crippen LogP contribution >= 0.6 is 0 Å². The molecule has 33 heavy (non-hydrogen) atoms. The Morgan fingerprint density at radius 1 is 1.00 bits per heavy atom. The Morgan fingerprint density at radius 2 is 1.70 bits per heavy atom. The molecule has 0 unspecified atom stereocenters. The molecule has 1 saturated heterocycles. The molecule has 1 aliphatic heterocycles. The standard InChI is InChI=1S/C25H29N5O.C2H6/c1-5-29-10-12-30(13-11-29)19-8-6-18(7-9-19)25-24-20-14-17(2)23(31-4)15-21(20)26-16-22(24)28(3)27-25;1-2/h6-9,14-16H,5,10-13H2,1-4H3;1-2H3. The SMILES string of the molecule is CC.CCN1CCN(c2ccc(-c3nn(C)c4cnc5cc(OC)c(C)cc5c34)cc2)CC1. The smallest absolute Gasteiger partial charge is 0.123 e. The molecule has 2 aromatic heterocycles. The lowest BCUT2D eigenvalue weighted by atomic mass is 10.0. The van der Waals surface area contributed by atoms with E-state index in [1.165, 1.54) is 5.69 Å². The van der Waals surface area contributed by atoms with Gasteiger partial charge in [0.1, 0.15) is 11.4 Å². The van der Waals surface area contributed by atoms with Gasteiger partial charge in [-0.25, -0.2) is 0 Å². The first-order chi connectivity index (χ1) is 16.1. The molecular weight excluding hydrogens is 410 g/mol. The molecule has 0 spiro atoms. The summed E-state index contributed by atoms with van der Waals surface area (Å²) in [6.45, 7) is 13.9. The van der Waals surface area contributed by atoms with Crippen LogP contribution in [0.3, 0.4) is 0 Å². The van der Waals surface area contributed by atoms with Crippen LogP contribution in [0.1, 0.15) is 26.3 Å². The number of likely N-dealkylation sites (N-methyl/N-ethyl adjacent to an activating group) is 1. The number of benzene rings is 2. The van der Waals surface area contributed by atoms with Gasteiger partial charge in [-0.1, -0.05) is 32.9 Å². The van der Waals surface area contributed by atoms with Crippen LogP contribution in [0, 0.1) is 6.92 Å². The second-order valence-corrected chi connectivity index (χ2v) is 8.30. The van der Waals surface area contributed by atoms with Crippen molar-refractivity contribution in [3.05, 3.63) is 48.2 Å². The van der Waals surface area contributed by atoms with E-state index in [2.05, 4.69) is 59.0 Å². The third-order valence-corrected chi connectivity index (χ3v) is 6.53. The predicted octanol–water partition coefficient (Wildman–Crippen LogP) is 5.27. The van der Waals surface area contributed by atoms with Gasteiger partial charge in [0.2, 0.25) is 0 Å². The number of anilines is 1. The molecule has 0 amide bonds. The molecule has 6 heteroatoms. The molecule has 1 fully saturated rings. The van der Waals surface area contributed by atoms with Crippen LogP contribution < -0.4 is 9.64 Å². The third-order valence-electron chi connectivity index (χ3n) is 6.53. The van der Waals surface area contributed by atoms with Crippen molar-refractivity contribution in [3.8, 4) is 17.0 Å². The Kier molecular flexibility index (Phi) is 6.84. The van der Waals surface area contributed by atoms with Gasteiger partial charge in [0, 0.05) is 61.3 Å². The molecular formula is C27H35N5O. The number of aryl methyl sites for hydroxylation is 2. The average molecular weight is 446 g/mol. The van der Waals surface area contributed by atoms with Gasteiger partial charge in [-0.15, -0.1) is 0 Å². The lowest BCUT2D eigenvalue weighted by molar-refractivity contribution is 0.271. The fourth-order valence-electron chi connectivity index (χ4n) is 4.64. The maximum absolute atomic E-state index is 5.50. The Morgan fingerprint density at radius 3 is 2.33 bits per heavy atom. The van der Waals surface area contributed by atoms with Crippen molar-refractivity contribution in [2.75, 3.05) is 44.7 Å². The zero-order chi connectivity index (χ0) is 23.5. The van der Waals surface area contributed by atoms with Gasteiger partial charge in [0.15, 0.2) is 0 Å². The summed E-state index contributed by atoms with van der Waals surface area (Å²) in [6.07, 6.45) is 1.91. The zero-order valence-corrected chi connectivity index (χ0v) is 20.7. The van der Waals surface area contributed by atoms with E-state index in [0.717, 1.165) is 77.1 Å². The minimum Gasteiger partial charge on any atom is -0.496 e. The molecule has 0 saturated carbocycles. The summed E-state index contributed by atoms with van der Waals surface area (Å²) in [7, 11) is 3.68. The number of aromatic nitrogens is 3. The Labute approximate surface area is 196 Å². The van der Waals surface area contributed by atoms with Crippen LogP contribution in [-0.2, 0) is 7.05 Å². The maximum atomic E-state index is 5.50. The Hall–Kier alpha value is -3.12. The maximum Gasteiger partial charge on any atom is 0.123 e. The van der Waals surface area contributed by atoms with Crippen molar-refractivity contribution in [3.63, 3.8) is 0 Å². The van der Waals surface area contributed by atoms with Crippen molar-refractivity contribution >= 4 is 27.5 Å². The van der Waals surface area contributed by atoms with Gasteiger partial charge in [0.25, 0.3) is 0 Å². The molecule has 1 aliphatic rings. The van der Waals surface area contributed by atoms with Gasteiger partial charge in [-0.2, -0.15) is 5.10 Å². The number of hydrogen-bond donors (Lipinski definition) is 0. The normalized spacial score (nSPS) is 14.4. The van der Waals surface area contributed by atoms with E-state index in [1.807, 2.05) is 37.8 Å². The topological polar surface area (TPSA) is 46.4 Å².